The fraction of sp³-hybridized carbons (Fsp3) is 0.0526. The van der Waals surface area contributed by atoms with Crippen molar-refractivity contribution < 1.29 is 13.6 Å². The van der Waals surface area contributed by atoms with E-state index in [4.69, 9.17) is 21.1 Å². The van der Waals surface area contributed by atoms with Crippen molar-refractivity contribution in [1.82, 2.24) is 0 Å². The molecule has 2 aromatic heterocycles. The lowest BCUT2D eigenvalue weighted by Gasteiger charge is -2.13. The van der Waals surface area contributed by atoms with Crippen LogP contribution in [0.2, 0.25) is 0 Å². The van der Waals surface area contributed by atoms with E-state index in [0.717, 1.165) is 16.5 Å². The van der Waals surface area contributed by atoms with Crippen LogP contribution in [0.1, 0.15) is 11.5 Å². The van der Waals surface area contributed by atoms with Gasteiger partial charge in [0.2, 0.25) is 0 Å². The molecule has 0 unspecified atom stereocenters. The number of carbonyl (C=O) groups excluding carboxylic acids is 1. The van der Waals surface area contributed by atoms with Gasteiger partial charge in [0.15, 0.2) is 9.41 Å². The van der Waals surface area contributed by atoms with E-state index in [1.807, 2.05) is 54.6 Å². The highest BCUT2D eigenvalue weighted by atomic mass is 32.2. The Labute approximate surface area is 164 Å². The number of rotatable bonds is 5. The van der Waals surface area contributed by atoms with Gasteiger partial charge in [-0.3, -0.25) is 9.69 Å². The number of anilines is 1. The minimum Gasteiger partial charge on any atom is -0.468 e. The van der Waals surface area contributed by atoms with Gasteiger partial charge in [0.1, 0.15) is 11.5 Å². The number of furan rings is 2. The molecule has 0 aliphatic carbocycles. The molecule has 1 saturated heterocycles. The predicted octanol–water partition coefficient (Wildman–Crippen LogP) is 5.57. The molecule has 130 valence electrons. The number of hydrogen-bond donors (Lipinski definition) is 0. The van der Waals surface area contributed by atoms with Crippen molar-refractivity contribution in [1.29, 1.82) is 0 Å². The molecule has 1 aromatic carbocycles. The van der Waals surface area contributed by atoms with Crippen molar-refractivity contribution in [2.45, 2.75) is 10.8 Å². The van der Waals surface area contributed by atoms with Crippen molar-refractivity contribution in [3.05, 3.63) is 77.3 Å². The maximum atomic E-state index is 12.7. The van der Waals surface area contributed by atoms with E-state index in [2.05, 4.69) is 0 Å². The van der Waals surface area contributed by atoms with Crippen LogP contribution in [0.15, 0.2) is 79.7 Å². The lowest BCUT2D eigenvalue weighted by Crippen LogP contribution is -2.27. The van der Waals surface area contributed by atoms with Gasteiger partial charge >= 0.3 is 0 Å². The van der Waals surface area contributed by atoms with E-state index in [1.54, 1.807) is 17.2 Å². The zero-order chi connectivity index (χ0) is 17.9. The molecule has 0 spiro atoms. The summed E-state index contributed by atoms with van der Waals surface area (Å²) >= 11 is 8.18. The Morgan fingerprint density at radius 1 is 1.12 bits per heavy atom. The van der Waals surface area contributed by atoms with Gasteiger partial charge < -0.3 is 8.83 Å². The maximum Gasteiger partial charge on any atom is 0.270 e. The Morgan fingerprint density at radius 2 is 1.96 bits per heavy atom. The van der Waals surface area contributed by atoms with Crippen LogP contribution in [-0.2, 0) is 10.5 Å². The molecule has 1 aliphatic rings. The Bertz CT molecular complexity index is 961. The highest BCUT2D eigenvalue weighted by molar-refractivity contribution is 8.27. The summed E-state index contributed by atoms with van der Waals surface area (Å²) in [6.45, 7) is 0. The van der Waals surface area contributed by atoms with Crippen LogP contribution in [0.25, 0.3) is 6.08 Å². The summed E-state index contributed by atoms with van der Waals surface area (Å²) in [6.07, 6.45) is 3.39. The van der Waals surface area contributed by atoms with E-state index >= 15 is 0 Å². The molecule has 1 fully saturated rings. The molecule has 1 aliphatic heterocycles. The number of para-hydroxylation sites is 1. The lowest BCUT2D eigenvalue weighted by molar-refractivity contribution is -0.113. The number of benzene rings is 1. The van der Waals surface area contributed by atoms with Gasteiger partial charge in [0, 0.05) is 6.08 Å². The van der Waals surface area contributed by atoms with Crippen molar-refractivity contribution in [2.24, 2.45) is 0 Å². The number of hydrogen-bond acceptors (Lipinski definition) is 6. The van der Waals surface area contributed by atoms with Crippen molar-refractivity contribution in [3.63, 3.8) is 0 Å². The molecule has 7 heteroatoms. The average Bonchev–Trinajstić information content (AvgIpc) is 3.37. The first-order valence-corrected chi connectivity index (χ1v) is 10.00. The first-order valence-electron chi connectivity index (χ1n) is 7.79. The van der Waals surface area contributed by atoms with Crippen molar-refractivity contribution in [3.8, 4) is 0 Å². The molecule has 3 aromatic rings. The van der Waals surface area contributed by atoms with Crippen molar-refractivity contribution in [2.75, 3.05) is 4.90 Å². The highest BCUT2D eigenvalue weighted by Crippen LogP contribution is 2.36. The van der Waals surface area contributed by atoms with Crippen LogP contribution in [0.3, 0.4) is 0 Å². The van der Waals surface area contributed by atoms with E-state index in [-0.39, 0.29) is 5.91 Å². The molecule has 0 N–H and O–H groups in total. The van der Waals surface area contributed by atoms with E-state index in [1.165, 1.54) is 23.5 Å². The number of nitrogens with zero attached hydrogens (tertiary/aromatic N) is 1. The second-order valence-corrected chi connectivity index (χ2v) is 8.03. The summed E-state index contributed by atoms with van der Waals surface area (Å²) in [5.74, 6) is 2.07. The second-order valence-electron chi connectivity index (χ2n) is 5.38. The maximum absolute atomic E-state index is 12.7. The Morgan fingerprint density at radius 3 is 2.73 bits per heavy atom. The van der Waals surface area contributed by atoms with Crippen LogP contribution < -0.4 is 4.90 Å². The van der Waals surface area contributed by atoms with Crippen LogP contribution >= 0.6 is 35.7 Å². The summed E-state index contributed by atoms with van der Waals surface area (Å²) < 4.78 is 11.6. The molecule has 3 heterocycles. The number of thiocarbonyl (C=S) groups is 1. The monoisotopic (exact) mass is 399 g/mol. The third-order valence-corrected chi connectivity index (χ3v) is 5.86. The van der Waals surface area contributed by atoms with Crippen LogP contribution in [0, 0.1) is 0 Å². The molecule has 0 bridgehead atoms. The van der Waals surface area contributed by atoms with Gasteiger partial charge in [-0.2, -0.15) is 0 Å². The standard InChI is InChI=1S/C19H13NO3S3/c21-18-16(26-19(24)20(18)13-5-2-1-3-6-13)11-14-8-9-17(23-14)25-12-15-7-4-10-22-15/h1-11H,12H2. The first-order chi connectivity index (χ1) is 12.7. The molecule has 4 rings (SSSR count). The van der Waals surface area contributed by atoms with Crippen LogP contribution in [0.5, 0.6) is 0 Å². The molecule has 1 amide bonds. The van der Waals surface area contributed by atoms with Gasteiger partial charge in [0.25, 0.3) is 5.91 Å². The minimum atomic E-state index is -0.132. The summed E-state index contributed by atoms with van der Waals surface area (Å²) in [5.41, 5.74) is 0.771. The third kappa shape index (κ3) is 3.65. The number of thioether (sulfide) groups is 2. The fourth-order valence-electron chi connectivity index (χ4n) is 2.42. The van der Waals surface area contributed by atoms with E-state index < -0.39 is 0 Å². The summed E-state index contributed by atoms with van der Waals surface area (Å²) in [7, 11) is 0. The van der Waals surface area contributed by atoms with Gasteiger partial charge in [-0.1, -0.05) is 53.9 Å². The molecule has 0 saturated carbocycles. The minimum absolute atomic E-state index is 0.132. The Hall–Kier alpha value is -2.22. The fourth-order valence-corrected chi connectivity index (χ4v) is 4.47. The molecule has 0 radical (unpaired) electrons. The quantitative estimate of drug-likeness (QED) is 0.317. The summed E-state index contributed by atoms with van der Waals surface area (Å²) in [5, 5.41) is 0.770. The van der Waals surface area contributed by atoms with Gasteiger partial charge in [-0.25, -0.2) is 0 Å². The largest absolute Gasteiger partial charge is 0.468 e. The molecular weight excluding hydrogens is 386 g/mol. The third-order valence-electron chi connectivity index (χ3n) is 3.62. The summed E-state index contributed by atoms with van der Waals surface area (Å²) in [6, 6.07) is 16.9. The average molecular weight is 400 g/mol. The number of amides is 1. The van der Waals surface area contributed by atoms with Gasteiger partial charge in [0.05, 0.1) is 22.6 Å². The van der Waals surface area contributed by atoms with E-state index in [9.17, 15) is 4.79 Å². The molecule has 4 nitrogen and oxygen atoms in total. The summed E-state index contributed by atoms with van der Waals surface area (Å²) in [4.78, 5) is 14.8. The normalized spacial score (nSPS) is 16.0. The predicted molar refractivity (Wildman–Crippen MR) is 109 cm³/mol. The number of carbonyl (C=O) groups is 1. The zero-order valence-corrected chi connectivity index (χ0v) is 15.9. The second kappa shape index (κ2) is 7.57. The Kier molecular flexibility index (Phi) is 5.01. The molecular formula is C19H13NO3S3. The van der Waals surface area contributed by atoms with Crippen LogP contribution in [-0.4, -0.2) is 10.2 Å². The SMILES string of the molecule is O=C1C(=Cc2ccc(SCc3ccco3)o2)SC(=S)N1c1ccccc1. The van der Waals surface area contributed by atoms with Crippen molar-refractivity contribution >= 4 is 57.7 Å². The topological polar surface area (TPSA) is 46.6 Å². The lowest BCUT2D eigenvalue weighted by atomic mass is 10.3. The Balaban J connectivity index is 1.48. The van der Waals surface area contributed by atoms with E-state index in [0.29, 0.717) is 20.7 Å². The first kappa shape index (κ1) is 17.2. The van der Waals surface area contributed by atoms with Gasteiger partial charge in [-0.15, -0.1) is 0 Å². The van der Waals surface area contributed by atoms with Gasteiger partial charge in [-0.05, 0) is 36.4 Å². The van der Waals surface area contributed by atoms with Crippen LogP contribution in [0.4, 0.5) is 5.69 Å². The smallest absolute Gasteiger partial charge is 0.270 e. The zero-order valence-electron chi connectivity index (χ0n) is 13.5. The molecule has 0 atom stereocenters. The highest BCUT2D eigenvalue weighted by Gasteiger charge is 2.33. The molecule has 26 heavy (non-hydrogen) atoms.